The van der Waals surface area contributed by atoms with Crippen LogP contribution in [0, 0.1) is 0 Å². The highest BCUT2D eigenvalue weighted by Gasteiger charge is 2.45. The highest BCUT2D eigenvalue weighted by molar-refractivity contribution is 6.46. The molecular formula is C24H27ClN2O5. The summed E-state index contributed by atoms with van der Waals surface area (Å²) >= 11 is 6.28. The van der Waals surface area contributed by atoms with E-state index < -0.39 is 17.7 Å². The minimum atomic E-state index is -0.745. The number of nitrogens with zero attached hydrogens (tertiary/aromatic N) is 2. The summed E-state index contributed by atoms with van der Waals surface area (Å²) in [6.45, 7) is 2.75. The summed E-state index contributed by atoms with van der Waals surface area (Å²) in [5.74, 6) is -1.23. The van der Waals surface area contributed by atoms with Gasteiger partial charge in [0.2, 0.25) is 0 Å². The van der Waals surface area contributed by atoms with Crippen LogP contribution in [0.25, 0.3) is 5.76 Å². The molecule has 1 saturated heterocycles. The number of carbonyl (C=O) groups excluding carboxylic acids is 2. The van der Waals surface area contributed by atoms with Crippen molar-refractivity contribution in [2.45, 2.75) is 13.0 Å². The molecule has 7 nitrogen and oxygen atoms in total. The van der Waals surface area contributed by atoms with Gasteiger partial charge in [0.25, 0.3) is 11.7 Å². The Kier molecular flexibility index (Phi) is 7.43. The minimum absolute atomic E-state index is 0.0175. The highest BCUT2D eigenvalue weighted by atomic mass is 35.5. The van der Waals surface area contributed by atoms with Gasteiger partial charge in [-0.05, 0) is 42.8 Å². The molecule has 1 aliphatic rings. The first kappa shape index (κ1) is 23.6. The summed E-state index contributed by atoms with van der Waals surface area (Å²) in [5.41, 5.74) is 2.03. The Morgan fingerprint density at radius 3 is 2.41 bits per heavy atom. The van der Waals surface area contributed by atoms with Gasteiger partial charge in [-0.3, -0.25) is 9.59 Å². The van der Waals surface area contributed by atoms with Gasteiger partial charge in [0, 0.05) is 39.0 Å². The summed E-state index contributed by atoms with van der Waals surface area (Å²) in [6, 6.07) is 11.5. The molecule has 8 heteroatoms. The first-order valence-electron chi connectivity index (χ1n) is 10.3. The summed E-state index contributed by atoms with van der Waals surface area (Å²) in [5, 5.41) is 11.4. The maximum Gasteiger partial charge on any atom is 0.295 e. The van der Waals surface area contributed by atoms with Crippen LogP contribution in [0.15, 0.2) is 48.0 Å². The number of anilines is 1. The van der Waals surface area contributed by atoms with Gasteiger partial charge in [0.1, 0.15) is 11.5 Å². The molecule has 2 aromatic carbocycles. The summed E-state index contributed by atoms with van der Waals surface area (Å²) in [4.78, 5) is 29.2. The zero-order valence-corrected chi connectivity index (χ0v) is 19.3. The molecule has 0 aliphatic carbocycles. The number of Topliss-reactive ketones (excluding diaryl/α,β-unsaturated/α-hetero) is 1. The third-order valence-corrected chi connectivity index (χ3v) is 5.60. The summed E-state index contributed by atoms with van der Waals surface area (Å²) < 4.78 is 10.6. The number of methoxy groups -OCH3 is 1. The lowest BCUT2D eigenvalue weighted by atomic mass is 9.95. The fourth-order valence-electron chi connectivity index (χ4n) is 3.68. The van der Waals surface area contributed by atoms with Gasteiger partial charge in [-0.2, -0.15) is 0 Å². The number of halogens is 1. The van der Waals surface area contributed by atoms with E-state index in [0.717, 1.165) is 5.69 Å². The van der Waals surface area contributed by atoms with Crippen molar-refractivity contribution >= 4 is 34.7 Å². The van der Waals surface area contributed by atoms with E-state index in [4.69, 9.17) is 21.1 Å². The lowest BCUT2D eigenvalue weighted by Crippen LogP contribution is -2.32. The third-order valence-electron chi connectivity index (χ3n) is 5.31. The number of ketones is 1. The van der Waals surface area contributed by atoms with Gasteiger partial charge in [-0.25, -0.2) is 0 Å². The molecular weight excluding hydrogens is 432 g/mol. The third kappa shape index (κ3) is 4.59. The van der Waals surface area contributed by atoms with E-state index in [9.17, 15) is 14.7 Å². The van der Waals surface area contributed by atoms with Crippen LogP contribution in [0.1, 0.15) is 24.1 Å². The maximum atomic E-state index is 13.0. The second-order valence-corrected chi connectivity index (χ2v) is 7.96. The van der Waals surface area contributed by atoms with E-state index in [1.54, 1.807) is 12.1 Å². The number of carbonyl (C=O) groups is 2. The van der Waals surface area contributed by atoms with Crippen LogP contribution in [-0.2, 0) is 14.3 Å². The van der Waals surface area contributed by atoms with Crippen LogP contribution in [0.3, 0.4) is 0 Å². The number of aliphatic hydroxyl groups excluding tert-OH is 1. The highest BCUT2D eigenvalue weighted by Crippen LogP contribution is 2.40. The van der Waals surface area contributed by atoms with Crippen molar-refractivity contribution < 1.29 is 24.2 Å². The van der Waals surface area contributed by atoms with Crippen molar-refractivity contribution in [3.05, 3.63) is 64.2 Å². The standard InChI is InChI=1S/C24H27ClN2O5/c1-5-32-19-11-8-16(14-18(19)25)22(28)20-21(15-6-9-17(10-7-15)26(2)3)27(12-13-31-4)24(30)23(20)29/h6-11,14,21,28H,5,12-13H2,1-4H3/b22-20+. The SMILES string of the molecule is CCOc1ccc(/C(O)=C2\C(=O)C(=O)N(CCOC)C2c2ccc(N(C)C)cc2)cc1Cl. The molecule has 1 unspecified atom stereocenters. The fourth-order valence-corrected chi connectivity index (χ4v) is 3.91. The van der Waals surface area contributed by atoms with Gasteiger partial charge in [-0.1, -0.05) is 23.7 Å². The van der Waals surface area contributed by atoms with Crippen LogP contribution in [0.5, 0.6) is 5.75 Å². The zero-order valence-electron chi connectivity index (χ0n) is 18.6. The van der Waals surface area contributed by atoms with Gasteiger partial charge in [-0.15, -0.1) is 0 Å². The Morgan fingerprint density at radius 2 is 1.84 bits per heavy atom. The Hall–Kier alpha value is -3.03. The van der Waals surface area contributed by atoms with Gasteiger partial charge >= 0.3 is 0 Å². The first-order chi connectivity index (χ1) is 15.3. The van der Waals surface area contributed by atoms with E-state index in [0.29, 0.717) is 28.5 Å². The summed E-state index contributed by atoms with van der Waals surface area (Å²) in [6.07, 6.45) is 0. The molecule has 1 atom stereocenters. The quantitative estimate of drug-likeness (QED) is 0.367. The largest absolute Gasteiger partial charge is 0.507 e. The number of likely N-dealkylation sites (tertiary alicyclic amines) is 1. The van der Waals surface area contributed by atoms with E-state index in [1.165, 1.54) is 18.1 Å². The first-order valence-corrected chi connectivity index (χ1v) is 10.6. The van der Waals surface area contributed by atoms with Crippen molar-refractivity contribution in [2.75, 3.05) is 45.9 Å². The molecule has 1 amide bonds. The van der Waals surface area contributed by atoms with Crippen LogP contribution >= 0.6 is 11.6 Å². The second kappa shape index (κ2) is 10.1. The van der Waals surface area contributed by atoms with Gasteiger partial charge in [0.15, 0.2) is 0 Å². The molecule has 32 heavy (non-hydrogen) atoms. The number of hydrogen-bond donors (Lipinski definition) is 1. The predicted molar refractivity (Wildman–Crippen MR) is 124 cm³/mol. The summed E-state index contributed by atoms with van der Waals surface area (Å²) in [7, 11) is 5.38. The fraction of sp³-hybridized carbons (Fsp3) is 0.333. The molecule has 170 valence electrons. The molecule has 2 aromatic rings. The maximum absolute atomic E-state index is 13.0. The number of benzene rings is 2. The van der Waals surface area contributed by atoms with Gasteiger partial charge < -0.3 is 24.4 Å². The van der Waals surface area contributed by atoms with Crippen LogP contribution in [0.4, 0.5) is 5.69 Å². The molecule has 1 aliphatic heterocycles. The van der Waals surface area contributed by atoms with Crippen molar-refractivity contribution in [1.29, 1.82) is 0 Å². The second-order valence-electron chi connectivity index (χ2n) is 7.55. The Labute approximate surface area is 192 Å². The monoisotopic (exact) mass is 458 g/mol. The van der Waals surface area contributed by atoms with E-state index in [-0.39, 0.29) is 24.5 Å². The topological polar surface area (TPSA) is 79.3 Å². The number of aliphatic hydroxyl groups is 1. The number of amides is 1. The lowest BCUT2D eigenvalue weighted by molar-refractivity contribution is -0.140. The number of rotatable bonds is 8. The Balaban J connectivity index is 2.12. The Bertz CT molecular complexity index is 1030. The average Bonchev–Trinajstić information content (AvgIpc) is 3.03. The van der Waals surface area contributed by atoms with E-state index in [1.807, 2.05) is 50.2 Å². The Morgan fingerprint density at radius 1 is 1.16 bits per heavy atom. The van der Waals surface area contributed by atoms with Crippen molar-refractivity contribution in [3.63, 3.8) is 0 Å². The molecule has 1 N–H and O–H groups in total. The molecule has 0 radical (unpaired) electrons. The molecule has 0 aromatic heterocycles. The molecule has 3 rings (SSSR count). The van der Waals surface area contributed by atoms with Crippen molar-refractivity contribution in [1.82, 2.24) is 4.90 Å². The van der Waals surface area contributed by atoms with Crippen molar-refractivity contribution in [2.24, 2.45) is 0 Å². The van der Waals surface area contributed by atoms with Gasteiger partial charge in [0.05, 0.1) is 29.9 Å². The molecule has 0 spiro atoms. The van der Waals surface area contributed by atoms with Crippen LogP contribution < -0.4 is 9.64 Å². The molecule has 0 bridgehead atoms. The molecule has 0 saturated carbocycles. The van der Waals surface area contributed by atoms with Crippen LogP contribution in [0.2, 0.25) is 5.02 Å². The van der Waals surface area contributed by atoms with Crippen molar-refractivity contribution in [3.8, 4) is 5.75 Å². The smallest absolute Gasteiger partial charge is 0.295 e. The minimum Gasteiger partial charge on any atom is -0.507 e. The zero-order chi connectivity index (χ0) is 23.4. The number of ether oxygens (including phenoxy) is 2. The van der Waals surface area contributed by atoms with E-state index >= 15 is 0 Å². The normalized spacial score (nSPS) is 17.7. The molecule has 1 fully saturated rings. The lowest BCUT2D eigenvalue weighted by Gasteiger charge is -2.25. The van der Waals surface area contributed by atoms with Crippen LogP contribution in [-0.4, -0.2) is 62.7 Å². The number of hydrogen-bond acceptors (Lipinski definition) is 6. The predicted octanol–water partition coefficient (Wildman–Crippen LogP) is 3.87. The average molecular weight is 459 g/mol. The molecule has 1 heterocycles. The van der Waals surface area contributed by atoms with E-state index in [2.05, 4.69) is 0 Å².